The summed E-state index contributed by atoms with van der Waals surface area (Å²) >= 11 is 6.10. The fraction of sp³-hybridized carbons (Fsp3) is 0.278. The molecule has 0 aromatic heterocycles. The van der Waals surface area contributed by atoms with Gasteiger partial charge in [0.25, 0.3) is 0 Å². The lowest BCUT2D eigenvalue weighted by atomic mass is 9.99. The molecular weight excluding hydrogens is 282 g/mol. The van der Waals surface area contributed by atoms with Crippen molar-refractivity contribution >= 4 is 17.5 Å². The minimum absolute atomic E-state index is 0.00166. The molecule has 1 N–H and O–H groups in total. The van der Waals surface area contributed by atoms with Gasteiger partial charge in [0.05, 0.1) is 12.5 Å². The third kappa shape index (κ3) is 4.08. The van der Waals surface area contributed by atoms with Gasteiger partial charge in [-0.15, -0.1) is 0 Å². The van der Waals surface area contributed by atoms with E-state index in [1.54, 1.807) is 0 Å². The highest BCUT2D eigenvalue weighted by atomic mass is 35.5. The van der Waals surface area contributed by atoms with Crippen LogP contribution in [0.4, 0.5) is 0 Å². The van der Waals surface area contributed by atoms with Crippen molar-refractivity contribution < 1.29 is 4.79 Å². The van der Waals surface area contributed by atoms with Crippen molar-refractivity contribution in [3.05, 3.63) is 70.2 Å². The number of benzene rings is 2. The molecule has 2 rings (SSSR count). The zero-order chi connectivity index (χ0) is 15.2. The van der Waals surface area contributed by atoms with Crippen molar-refractivity contribution in [1.82, 2.24) is 5.32 Å². The maximum Gasteiger partial charge on any atom is 0.224 e. The van der Waals surface area contributed by atoms with Crippen LogP contribution >= 0.6 is 11.6 Å². The van der Waals surface area contributed by atoms with E-state index in [9.17, 15) is 4.79 Å². The van der Waals surface area contributed by atoms with Crippen LogP contribution < -0.4 is 5.32 Å². The molecule has 0 bridgehead atoms. The van der Waals surface area contributed by atoms with E-state index >= 15 is 0 Å². The SMILES string of the molecule is CCC(NC(=O)Cc1ccccc1Cl)c1ccccc1C. The van der Waals surface area contributed by atoms with E-state index in [-0.39, 0.29) is 11.9 Å². The van der Waals surface area contributed by atoms with Gasteiger partial charge in [0.1, 0.15) is 0 Å². The Morgan fingerprint density at radius 3 is 2.48 bits per heavy atom. The van der Waals surface area contributed by atoms with Gasteiger partial charge in [0.15, 0.2) is 0 Å². The van der Waals surface area contributed by atoms with Crippen LogP contribution in [-0.4, -0.2) is 5.91 Å². The molecule has 1 unspecified atom stereocenters. The molecule has 0 spiro atoms. The lowest BCUT2D eigenvalue weighted by Crippen LogP contribution is -2.30. The normalized spacial score (nSPS) is 12.0. The lowest BCUT2D eigenvalue weighted by molar-refractivity contribution is -0.121. The highest BCUT2D eigenvalue weighted by Crippen LogP contribution is 2.21. The van der Waals surface area contributed by atoms with Crippen LogP contribution in [0, 0.1) is 6.92 Å². The van der Waals surface area contributed by atoms with Gasteiger partial charge in [-0.25, -0.2) is 0 Å². The average Bonchev–Trinajstić information content (AvgIpc) is 2.48. The number of amides is 1. The number of aryl methyl sites for hydroxylation is 1. The summed E-state index contributed by atoms with van der Waals surface area (Å²) in [6, 6.07) is 15.7. The highest BCUT2D eigenvalue weighted by Gasteiger charge is 2.15. The summed E-state index contributed by atoms with van der Waals surface area (Å²) in [5, 5.41) is 3.74. The first kappa shape index (κ1) is 15.6. The van der Waals surface area contributed by atoms with E-state index in [4.69, 9.17) is 11.6 Å². The Hall–Kier alpha value is -1.80. The van der Waals surface area contributed by atoms with Crippen molar-refractivity contribution in [1.29, 1.82) is 0 Å². The molecule has 2 aromatic rings. The first-order valence-electron chi connectivity index (χ1n) is 7.20. The van der Waals surface area contributed by atoms with E-state index in [2.05, 4.69) is 31.3 Å². The van der Waals surface area contributed by atoms with Crippen LogP contribution in [0.1, 0.15) is 36.1 Å². The molecule has 1 atom stereocenters. The largest absolute Gasteiger partial charge is 0.349 e. The van der Waals surface area contributed by atoms with Gasteiger partial charge in [-0.2, -0.15) is 0 Å². The van der Waals surface area contributed by atoms with E-state index < -0.39 is 0 Å². The van der Waals surface area contributed by atoms with Crippen molar-refractivity contribution in [3.63, 3.8) is 0 Å². The van der Waals surface area contributed by atoms with Gasteiger partial charge in [-0.1, -0.05) is 61.0 Å². The lowest BCUT2D eigenvalue weighted by Gasteiger charge is -2.19. The van der Waals surface area contributed by atoms with E-state index in [0.717, 1.165) is 12.0 Å². The summed E-state index contributed by atoms with van der Waals surface area (Å²) in [5.41, 5.74) is 3.23. The first-order valence-corrected chi connectivity index (χ1v) is 7.58. The smallest absolute Gasteiger partial charge is 0.224 e. The molecule has 0 heterocycles. The van der Waals surface area contributed by atoms with Crippen molar-refractivity contribution in [3.8, 4) is 0 Å². The molecule has 0 saturated heterocycles. The Labute approximate surface area is 131 Å². The number of halogens is 1. The van der Waals surface area contributed by atoms with Crippen LogP contribution in [0.5, 0.6) is 0 Å². The van der Waals surface area contributed by atoms with Crippen molar-refractivity contribution in [2.24, 2.45) is 0 Å². The minimum atomic E-state index is -0.00166. The van der Waals surface area contributed by atoms with Gasteiger partial charge in [-0.05, 0) is 36.1 Å². The number of hydrogen-bond acceptors (Lipinski definition) is 1. The second-order valence-corrected chi connectivity index (χ2v) is 5.56. The quantitative estimate of drug-likeness (QED) is 0.868. The Balaban J connectivity index is 2.07. The van der Waals surface area contributed by atoms with Crippen LogP contribution in [0.3, 0.4) is 0 Å². The van der Waals surface area contributed by atoms with Crippen molar-refractivity contribution in [2.45, 2.75) is 32.7 Å². The fourth-order valence-electron chi connectivity index (χ4n) is 2.44. The molecule has 0 saturated carbocycles. The number of nitrogens with one attached hydrogen (secondary N) is 1. The molecule has 0 aliphatic rings. The van der Waals surface area contributed by atoms with Crippen LogP contribution in [0.15, 0.2) is 48.5 Å². The maximum atomic E-state index is 12.2. The molecule has 0 fully saturated rings. The summed E-state index contributed by atoms with van der Waals surface area (Å²) in [4.78, 5) is 12.2. The predicted molar refractivity (Wildman–Crippen MR) is 87.5 cm³/mol. The Morgan fingerprint density at radius 1 is 1.14 bits per heavy atom. The highest BCUT2D eigenvalue weighted by molar-refractivity contribution is 6.31. The van der Waals surface area contributed by atoms with Crippen molar-refractivity contribution in [2.75, 3.05) is 0 Å². The van der Waals surface area contributed by atoms with E-state index in [0.29, 0.717) is 11.4 Å². The van der Waals surface area contributed by atoms with Gasteiger partial charge in [0.2, 0.25) is 5.91 Å². The summed E-state index contributed by atoms with van der Waals surface area (Å²) in [6.45, 7) is 4.14. The monoisotopic (exact) mass is 301 g/mol. The number of carbonyl (C=O) groups excluding carboxylic acids is 1. The maximum absolute atomic E-state index is 12.2. The molecule has 2 aromatic carbocycles. The molecular formula is C18H20ClNO. The molecule has 0 aliphatic carbocycles. The minimum Gasteiger partial charge on any atom is -0.349 e. The molecule has 3 heteroatoms. The van der Waals surface area contributed by atoms with Gasteiger partial charge in [-0.3, -0.25) is 4.79 Å². The number of rotatable bonds is 5. The molecule has 21 heavy (non-hydrogen) atoms. The van der Waals surface area contributed by atoms with Crippen LogP contribution in [-0.2, 0) is 11.2 Å². The third-order valence-corrected chi connectivity index (χ3v) is 3.98. The Kier molecular flexibility index (Phi) is 5.40. The summed E-state index contributed by atoms with van der Waals surface area (Å²) in [6.07, 6.45) is 1.17. The standard InChI is InChI=1S/C18H20ClNO/c1-3-17(15-10-6-4-8-13(15)2)20-18(21)12-14-9-5-7-11-16(14)19/h4-11,17H,3,12H2,1-2H3,(H,20,21). The molecule has 2 nitrogen and oxygen atoms in total. The summed E-state index contributed by atoms with van der Waals surface area (Å²) in [7, 11) is 0. The molecule has 110 valence electrons. The molecule has 0 radical (unpaired) electrons. The second-order valence-electron chi connectivity index (χ2n) is 5.15. The second kappa shape index (κ2) is 7.28. The molecule has 1 amide bonds. The zero-order valence-electron chi connectivity index (χ0n) is 12.4. The summed E-state index contributed by atoms with van der Waals surface area (Å²) in [5.74, 6) is -0.00166. The van der Waals surface area contributed by atoms with E-state index in [1.165, 1.54) is 11.1 Å². The zero-order valence-corrected chi connectivity index (χ0v) is 13.2. The fourth-order valence-corrected chi connectivity index (χ4v) is 2.64. The number of hydrogen-bond donors (Lipinski definition) is 1. The van der Waals surface area contributed by atoms with Gasteiger partial charge >= 0.3 is 0 Å². The first-order chi connectivity index (χ1) is 10.1. The Bertz CT molecular complexity index is 624. The Morgan fingerprint density at radius 2 is 1.81 bits per heavy atom. The van der Waals surface area contributed by atoms with Crippen LogP contribution in [0.25, 0.3) is 0 Å². The predicted octanol–water partition coefficient (Wildman–Crippen LogP) is 4.46. The van der Waals surface area contributed by atoms with Gasteiger partial charge < -0.3 is 5.32 Å². The third-order valence-electron chi connectivity index (χ3n) is 3.62. The van der Waals surface area contributed by atoms with Crippen LogP contribution in [0.2, 0.25) is 5.02 Å². The number of carbonyl (C=O) groups is 1. The van der Waals surface area contributed by atoms with Gasteiger partial charge in [0, 0.05) is 5.02 Å². The molecule has 0 aliphatic heterocycles. The average molecular weight is 302 g/mol. The van der Waals surface area contributed by atoms with E-state index in [1.807, 2.05) is 36.4 Å². The topological polar surface area (TPSA) is 29.1 Å². The summed E-state index contributed by atoms with van der Waals surface area (Å²) < 4.78 is 0.